The molecule has 0 amide bonds. The van der Waals surface area contributed by atoms with Crippen molar-refractivity contribution in [2.75, 3.05) is 0 Å². The first kappa shape index (κ1) is 10900. The third kappa shape index (κ3) is 10000. The van der Waals surface area contributed by atoms with Crippen LogP contribution in [-0.4, -0.2) is 252 Å². The van der Waals surface area contributed by atoms with Crippen molar-refractivity contribution in [1.29, 1.82) is 0 Å². The van der Waals surface area contributed by atoms with Gasteiger partial charge in [0.2, 0.25) is 0 Å². The number of hydrogen-bond acceptors (Lipinski definition) is 20. The van der Waals surface area contributed by atoms with Crippen molar-refractivity contribution in [3.05, 3.63) is 0 Å². The van der Waals surface area contributed by atoms with E-state index in [9.17, 15) is 0 Å². The van der Waals surface area contributed by atoms with Crippen molar-refractivity contribution < 1.29 is 505 Å². The summed E-state index contributed by atoms with van der Waals surface area (Å²) in [5.41, 5.74) is 0. The largest absolute Gasteiger partial charge is 0.870 e. The standard InChI is InChI=1S/10H3N.46H2O.12W/h10*1H3;46*1H2;;;;;;;;;;;;/p-10. The van der Waals surface area contributed by atoms with E-state index in [2.05, 4.69) is 0 Å². The normalized spacial score (nSPS) is 0. The second kappa shape index (κ2) is 10500. The SMILES string of the molecule is N.N.N.N.N.N.N.N.N.N.O.O.O.O.O.O.O.O.O.O.O.O.O.O.O.O.O.O.O.O.O.O.O.O.O.O.O.O.O.O.O.O.O.O.O.O.[OH-].[OH-].[OH-].[OH-].[OH-].[OH-].[OH-].[OH-].[OH-].[OH-].[W].[W].[W].[W].[W].[W].[W].[W].[W].[W].[W].[W]. The summed E-state index contributed by atoms with van der Waals surface area (Å²) in [6.45, 7) is 0. The molecule has 112 N–H and O–H groups in total. The molecule has 0 saturated carbocycles. The average Bonchev–Trinajstić information content (AvgIpc) is 0. The first-order valence-corrected chi connectivity index (χ1v) is 0. The summed E-state index contributed by atoms with van der Waals surface area (Å²) in [5, 5.41) is 0. The predicted molar refractivity (Wildman–Crippen MR) is 200 cm³/mol. The van der Waals surface area contributed by atoms with Gasteiger partial charge in [-0.3, -0.25) is 0 Å². The van der Waals surface area contributed by atoms with Crippen LogP contribution < -0.4 is 61.5 Å². The van der Waals surface area contributed by atoms with E-state index in [4.69, 9.17) is 0 Å². The molecular weight excluding hydrogens is 3080 g/mol. The molecule has 520 valence electrons. The Balaban J connectivity index is 0. The summed E-state index contributed by atoms with van der Waals surface area (Å²) in [7, 11) is 0. The molecule has 0 bridgehead atoms. The fourth-order valence-corrected chi connectivity index (χ4v) is 0. The maximum atomic E-state index is 0. The van der Waals surface area contributed by atoms with E-state index in [1.807, 2.05) is 0 Å². The fourth-order valence-electron chi connectivity index (χ4n) is 0. The summed E-state index contributed by atoms with van der Waals surface area (Å²) >= 11 is 0. The van der Waals surface area contributed by atoms with Gasteiger partial charge in [-0.1, -0.05) is 0 Å². The van der Waals surface area contributed by atoms with Gasteiger partial charge in [0.15, 0.2) is 0 Å². The van der Waals surface area contributed by atoms with Crippen molar-refractivity contribution in [3.63, 3.8) is 0 Å². The van der Waals surface area contributed by atoms with E-state index in [0.29, 0.717) is 0 Å². The third-order valence-electron chi connectivity index (χ3n) is 0. The molecular formula is H112N10O46W12-10. The van der Waals surface area contributed by atoms with Gasteiger partial charge in [-0.25, -0.2) is 0 Å². The Labute approximate surface area is 559 Å². The van der Waals surface area contributed by atoms with Crippen LogP contribution in [0.5, 0.6) is 0 Å². The van der Waals surface area contributed by atoms with Crippen LogP contribution in [-0.2, 0) is 253 Å². The molecule has 0 aromatic carbocycles. The Morgan fingerprint density at radius 3 is 0.0588 bits per heavy atom. The first-order chi connectivity index (χ1) is 0. The van der Waals surface area contributed by atoms with E-state index >= 15 is 0 Å². The summed E-state index contributed by atoms with van der Waals surface area (Å²) in [5.74, 6) is 0. The molecule has 56 nitrogen and oxygen atoms in total. The van der Waals surface area contributed by atoms with Gasteiger partial charge in [0, 0.05) is 253 Å². The van der Waals surface area contributed by atoms with Gasteiger partial charge in [0.25, 0.3) is 0 Å². The molecule has 0 aliphatic rings. The minimum Gasteiger partial charge on any atom is -0.870 e. The molecule has 0 radical (unpaired) electrons. The van der Waals surface area contributed by atoms with Gasteiger partial charge < -0.3 is 313 Å². The number of hydrogen-bond donors (Lipinski definition) is 10. The summed E-state index contributed by atoms with van der Waals surface area (Å²) < 4.78 is 0. The van der Waals surface area contributed by atoms with Crippen LogP contribution in [0.1, 0.15) is 0 Å². The molecule has 0 aromatic heterocycles. The van der Waals surface area contributed by atoms with E-state index < -0.39 is 0 Å². The zero-order valence-electron chi connectivity index (χ0n) is 34.4. The summed E-state index contributed by atoms with van der Waals surface area (Å²) in [6, 6.07) is 0. The Bertz CT molecular complexity index is 83.6. The van der Waals surface area contributed by atoms with Crippen molar-refractivity contribution in [2.24, 2.45) is 0 Å². The fraction of sp³-hybridized carbons (Fsp3) is 0. The van der Waals surface area contributed by atoms with E-state index in [-0.39, 0.29) is 566 Å². The predicted octanol–water partition coefficient (Wildman–Crippen LogP) is -29.9. The second-order valence-corrected chi connectivity index (χ2v) is 0. The second-order valence-electron chi connectivity index (χ2n) is 0. The van der Waals surface area contributed by atoms with Gasteiger partial charge in [-0.2, -0.15) is 0 Å². The first-order valence-electron chi connectivity index (χ1n) is 0. The van der Waals surface area contributed by atoms with Gasteiger partial charge in [-0.15, -0.1) is 0 Å². The van der Waals surface area contributed by atoms with Crippen LogP contribution in [0.4, 0.5) is 0 Å². The summed E-state index contributed by atoms with van der Waals surface area (Å²) in [6.07, 6.45) is 0. The zero-order valence-corrected chi connectivity index (χ0v) is 69.6. The van der Waals surface area contributed by atoms with Crippen LogP contribution in [0.2, 0.25) is 0 Å². The van der Waals surface area contributed by atoms with E-state index in [1.54, 1.807) is 0 Å². The van der Waals surface area contributed by atoms with Gasteiger partial charge >= 0.3 is 0 Å². The smallest absolute Gasteiger partial charge is 0 e. The zero-order chi connectivity index (χ0) is 0. The van der Waals surface area contributed by atoms with Crippen LogP contribution in [0.3, 0.4) is 0 Å². The maximum absolute atomic E-state index is 0. The topological polar surface area (TPSA) is 1780 Å². The van der Waals surface area contributed by atoms with Crippen molar-refractivity contribution >= 4 is 0 Å². The third-order valence-corrected chi connectivity index (χ3v) is 0. The Morgan fingerprint density at radius 2 is 0.0588 bits per heavy atom. The summed E-state index contributed by atoms with van der Waals surface area (Å²) in [4.78, 5) is 0. The maximum Gasteiger partial charge on any atom is 0 e. The molecule has 0 atom stereocenters. The van der Waals surface area contributed by atoms with Crippen LogP contribution in [0, 0.1) is 0 Å². The molecule has 0 unspecified atom stereocenters. The van der Waals surface area contributed by atoms with Crippen LogP contribution in [0.15, 0.2) is 0 Å². The Hall–Kier alpha value is 6.02. The average molecular weight is 3200 g/mol. The molecule has 68 heavy (non-hydrogen) atoms. The molecule has 0 rings (SSSR count). The van der Waals surface area contributed by atoms with Crippen LogP contribution in [0.25, 0.3) is 0 Å². The Morgan fingerprint density at radius 1 is 0.0588 bits per heavy atom. The quantitative estimate of drug-likeness (QED) is 0.108. The monoisotopic (exact) mass is 3200 g/mol. The van der Waals surface area contributed by atoms with Crippen LogP contribution >= 0.6 is 0 Å². The number of rotatable bonds is 0. The van der Waals surface area contributed by atoms with E-state index in [1.165, 1.54) is 0 Å². The van der Waals surface area contributed by atoms with Gasteiger partial charge in [-0.05, 0) is 0 Å². The molecule has 0 saturated heterocycles. The van der Waals surface area contributed by atoms with Crippen molar-refractivity contribution in [3.8, 4) is 0 Å². The molecule has 68 heteroatoms. The molecule has 0 aromatic rings. The minimum absolute atomic E-state index is 0. The molecule has 0 fully saturated rings. The Kier molecular flexibility index (Phi) is 1670000. The molecule has 0 heterocycles. The van der Waals surface area contributed by atoms with Crippen molar-refractivity contribution in [1.82, 2.24) is 61.5 Å². The molecule has 0 aliphatic heterocycles. The van der Waals surface area contributed by atoms with Gasteiger partial charge in [0.05, 0.1) is 0 Å². The van der Waals surface area contributed by atoms with Crippen molar-refractivity contribution in [2.45, 2.75) is 0 Å². The van der Waals surface area contributed by atoms with E-state index in [0.717, 1.165) is 0 Å². The molecule has 0 aliphatic carbocycles. The van der Waals surface area contributed by atoms with Gasteiger partial charge in [0.1, 0.15) is 0 Å². The molecule has 0 spiro atoms. The minimum atomic E-state index is 0.